The first-order chi connectivity index (χ1) is 7.09. The van der Waals surface area contributed by atoms with Gasteiger partial charge in [-0.05, 0) is 5.56 Å². The molecule has 0 aromatic heterocycles. The molecule has 80 valence electrons. The third-order valence-electron chi connectivity index (χ3n) is 1.96. The molecule has 1 N–H and O–H groups in total. The Labute approximate surface area is 94.3 Å². The van der Waals surface area contributed by atoms with E-state index in [1.807, 2.05) is 30.3 Å². The lowest BCUT2D eigenvalue weighted by Crippen LogP contribution is -2.39. The average molecular weight is 223 g/mol. The van der Waals surface area contributed by atoms with Crippen LogP contribution in [-0.4, -0.2) is 17.1 Å². The highest BCUT2D eigenvalue weighted by molar-refractivity contribution is 7.96. The molecule has 1 amide bonds. The van der Waals surface area contributed by atoms with Crippen molar-refractivity contribution in [3.8, 4) is 0 Å². The molecule has 0 saturated carbocycles. The fourth-order valence-corrected chi connectivity index (χ4v) is 1.45. The molecule has 0 radical (unpaired) electrons. The monoisotopic (exact) mass is 223 g/mol. The predicted molar refractivity (Wildman–Crippen MR) is 61.7 cm³/mol. The molecule has 0 aliphatic rings. The van der Waals surface area contributed by atoms with Crippen molar-refractivity contribution < 1.29 is 9.59 Å². The predicted octanol–water partition coefficient (Wildman–Crippen LogP) is 1.19. The lowest BCUT2D eigenvalue weighted by molar-refractivity contribution is -0.123. The molecule has 1 aromatic carbocycles. The topological polar surface area (TPSA) is 46.2 Å². The Balaban J connectivity index is 2.67. The average Bonchev–Trinajstić information content (AvgIpc) is 2.17. The van der Waals surface area contributed by atoms with Crippen LogP contribution in [0.1, 0.15) is 12.5 Å². The smallest absolute Gasteiger partial charge is 0.217 e. The van der Waals surface area contributed by atoms with Crippen molar-refractivity contribution in [2.24, 2.45) is 0 Å². The second-order valence-electron chi connectivity index (χ2n) is 3.28. The third-order valence-corrected chi connectivity index (χ3v) is 2.27. The number of thiol groups is 1. The van der Waals surface area contributed by atoms with Crippen LogP contribution in [0.3, 0.4) is 0 Å². The molecule has 0 bridgehead atoms. The van der Waals surface area contributed by atoms with E-state index in [0.29, 0.717) is 6.42 Å². The summed E-state index contributed by atoms with van der Waals surface area (Å²) < 4.78 is 0. The summed E-state index contributed by atoms with van der Waals surface area (Å²) in [7, 11) is 0. The van der Waals surface area contributed by atoms with Crippen LogP contribution in [-0.2, 0) is 16.0 Å². The van der Waals surface area contributed by atoms with E-state index < -0.39 is 6.04 Å². The number of hydrogen-bond donors (Lipinski definition) is 2. The first kappa shape index (κ1) is 11.8. The van der Waals surface area contributed by atoms with Gasteiger partial charge >= 0.3 is 0 Å². The van der Waals surface area contributed by atoms with E-state index in [1.54, 1.807) is 0 Å². The van der Waals surface area contributed by atoms with E-state index in [-0.39, 0.29) is 11.0 Å². The highest BCUT2D eigenvalue weighted by Gasteiger charge is 2.16. The van der Waals surface area contributed by atoms with Crippen LogP contribution in [0.2, 0.25) is 0 Å². The SMILES string of the molecule is CC(=O)NC(Cc1ccccc1)C(=O)S. The summed E-state index contributed by atoms with van der Waals surface area (Å²) in [5.41, 5.74) is 0.999. The van der Waals surface area contributed by atoms with E-state index in [4.69, 9.17) is 0 Å². The number of amides is 1. The maximum atomic E-state index is 11.1. The van der Waals surface area contributed by atoms with Crippen molar-refractivity contribution in [1.29, 1.82) is 0 Å². The minimum absolute atomic E-state index is 0.224. The maximum absolute atomic E-state index is 11.1. The maximum Gasteiger partial charge on any atom is 0.217 e. The number of rotatable bonds is 4. The largest absolute Gasteiger partial charge is 0.345 e. The second kappa shape index (κ2) is 5.56. The molecular weight excluding hydrogens is 210 g/mol. The van der Waals surface area contributed by atoms with E-state index in [1.165, 1.54) is 6.92 Å². The Morgan fingerprint density at radius 2 is 1.93 bits per heavy atom. The number of benzene rings is 1. The van der Waals surface area contributed by atoms with Crippen molar-refractivity contribution >= 4 is 23.7 Å². The van der Waals surface area contributed by atoms with Gasteiger partial charge in [0.2, 0.25) is 11.0 Å². The summed E-state index contributed by atoms with van der Waals surface area (Å²) in [6.07, 6.45) is 0.475. The summed E-state index contributed by atoms with van der Waals surface area (Å²) >= 11 is 3.74. The molecule has 0 aliphatic heterocycles. The summed E-state index contributed by atoms with van der Waals surface area (Å²) in [5.74, 6) is -0.224. The van der Waals surface area contributed by atoms with E-state index >= 15 is 0 Å². The number of nitrogens with one attached hydrogen (secondary N) is 1. The van der Waals surface area contributed by atoms with Crippen molar-refractivity contribution in [3.05, 3.63) is 35.9 Å². The molecule has 1 rings (SSSR count). The normalized spacial score (nSPS) is 11.9. The van der Waals surface area contributed by atoms with Gasteiger partial charge in [-0.3, -0.25) is 9.59 Å². The molecule has 0 heterocycles. The fourth-order valence-electron chi connectivity index (χ4n) is 1.30. The summed E-state index contributed by atoms with van der Waals surface area (Å²) in [6.45, 7) is 1.38. The zero-order valence-electron chi connectivity index (χ0n) is 8.43. The molecule has 0 spiro atoms. The van der Waals surface area contributed by atoms with Gasteiger partial charge in [-0.1, -0.05) is 30.3 Å². The first-order valence-electron chi connectivity index (χ1n) is 4.63. The van der Waals surface area contributed by atoms with E-state index in [2.05, 4.69) is 17.9 Å². The Kier molecular flexibility index (Phi) is 4.37. The Morgan fingerprint density at radius 1 is 1.33 bits per heavy atom. The second-order valence-corrected chi connectivity index (χ2v) is 3.72. The van der Waals surface area contributed by atoms with Crippen LogP contribution in [0.4, 0.5) is 0 Å². The van der Waals surface area contributed by atoms with Crippen LogP contribution < -0.4 is 5.32 Å². The van der Waals surface area contributed by atoms with Gasteiger partial charge in [-0.25, -0.2) is 0 Å². The highest BCUT2D eigenvalue weighted by atomic mass is 32.1. The van der Waals surface area contributed by atoms with Gasteiger partial charge in [0.15, 0.2) is 0 Å². The molecule has 0 fully saturated rings. The van der Waals surface area contributed by atoms with Gasteiger partial charge < -0.3 is 5.32 Å². The number of hydrogen-bond acceptors (Lipinski definition) is 2. The van der Waals surface area contributed by atoms with Crippen molar-refractivity contribution in [2.45, 2.75) is 19.4 Å². The number of carbonyl (C=O) groups is 2. The van der Waals surface area contributed by atoms with Gasteiger partial charge in [-0.2, -0.15) is 0 Å². The van der Waals surface area contributed by atoms with Crippen molar-refractivity contribution in [1.82, 2.24) is 5.32 Å². The van der Waals surface area contributed by atoms with Gasteiger partial charge in [0, 0.05) is 13.3 Å². The Bertz CT molecular complexity index is 351. The van der Waals surface area contributed by atoms with Gasteiger partial charge in [0.25, 0.3) is 0 Å². The first-order valence-corrected chi connectivity index (χ1v) is 5.08. The molecule has 0 aliphatic carbocycles. The van der Waals surface area contributed by atoms with Crippen LogP contribution >= 0.6 is 12.6 Å². The standard InChI is InChI=1S/C11H13NO2S/c1-8(13)12-10(11(14)15)7-9-5-3-2-4-6-9/h2-6,10H,7H2,1H3,(H,12,13)(H,14,15). The lowest BCUT2D eigenvalue weighted by atomic mass is 10.1. The Hall–Kier alpha value is -1.29. The van der Waals surface area contributed by atoms with Crippen LogP contribution in [0.25, 0.3) is 0 Å². The van der Waals surface area contributed by atoms with Gasteiger partial charge in [0.05, 0.1) is 0 Å². The molecule has 1 atom stereocenters. The lowest BCUT2D eigenvalue weighted by Gasteiger charge is -2.13. The molecule has 15 heavy (non-hydrogen) atoms. The van der Waals surface area contributed by atoms with Crippen molar-refractivity contribution in [3.63, 3.8) is 0 Å². The quantitative estimate of drug-likeness (QED) is 0.753. The molecule has 1 unspecified atom stereocenters. The molecule has 0 saturated heterocycles. The highest BCUT2D eigenvalue weighted by Crippen LogP contribution is 2.05. The minimum atomic E-state index is -0.548. The van der Waals surface area contributed by atoms with E-state index in [0.717, 1.165) is 5.56 Å². The Morgan fingerprint density at radius 3 is 2.40 bits per heavy atom. The number of carbonyl (C=O) groups excluding carboxylic acids is 2. The van der Waals surface area contributed by atoms with Crippen LogP contribution in [0.15, 0.2) is 30.3 Å². The molecular formula is C11H13NO2S. The van der Waals surface area contributed by atoms with Crippen molar-refractivity contribution in [2.75, 3.05) is 0 Å². The summed E-state index contributed by atoms with van der Waals surface area (Å²) in [6, 6.07) is 8.95. The molecule has 4 heteroatoms. The summed E-state index contributed by atoms with van der Waals surface area (Å²) in [5, 5.41) is 2.24. The van der Waals surface area contributed by atoms with Gasteiger partial charge in [0.1, 0.15) is 6.04 Å². The van der Waals surface area contributed by atoms with Crippen LogP contribution in [0, 0.1) is 0 Å². The van der Waals surface area contributed by atoms with Crippen LogP contribution in [0.5, 0.6) is 0 Å². The zero-order valence-corrected chi connectivity index (χ0v) is 9.33. The fraction of sp³-hybridized carbons (Fsp3) is 0.273. The summed E-state index contributed by atoms with van der Waals surface area (Å²) in [4.78, 5) is 22.0. The van der Waals surface area contributed by atoms with E-state index in [9.17, 15) is 9.59 Å². The minimum Gasteiger partial charge on any atom is -0.345 e. The zero-order chi connectivity index (χ0) is 11.3. The third kappa shape index (κ3) is 4.16. The molecule has 3 nitrogen and oxygen atoms in total. The molecule has 1 aromatic rings. The van der Waals surface area contributed by atoms with Gasteiger partial charge in [-0.15, -0.1) is 12.6 Å².